The van der Waals surface area contributed by atoms with Crippen molar-refractivity contribution >= 4 is 17.2 Å². The summed E-state index contributed by atoms with van der Waals surface area (Å²) >= 11 is 6.17. The highest BCUT2D eigenvalue weighted by molar-refractivity contribution is 6.20. The smallest absolute Gasteiger partial charge is 0.253 e. The molecule has 0 fully saturated rings. The van der Waals surface area contributed by atoms with Crippen molar-refractivity contribution in [2.75, 3.05) is 0 Å². The standard InChI is InChI=1S/C14H12ClN3O/c1-10(15)13-16-12-8-5-9-17(12)14(19)18(13)11-6-3-2-4-7-11/h2-10H,1H3. The van der Waals surface area contributed by atoms with Crippen LogP contribution in [0.25, 0.3) is 11.3 Å². The summed E-state index contributed by atoms with van der Waals surface area (Å²) in [6.45, 7) is 1.81. The molecule has 0 bridgehead atoms. The lowest BCUT2D eigenvalue weighted by atomic mass is 10.3. The molecule has 3 aromatic rings. The summed E-state index contributed by atoms with van der Waals surface area (Å²) in [5, 5.41) is -0.354. The molecule has 0 amide bonds. The van der Waals surface area contributed by atoms with Crippen LogP contribution in [-0.2, 0) is 0 Å². The molecule has 0 N–H and O–H groups in total. The van der Waals surface area contributed by atoms with E-state index in [1.807, 2.05) is 37.3 Å². The van der Waals surface area contributed by atoms with Crippen molar-refractivity contribution in [1.29, 1.82) is 0 Å². The Kier molecular flexibility index (Phi) is 2.87. The molecular formula is C14H12ClN3O. The molecule has 0 aliphatic rings. The van der Waals surface area contributed by atoms with Crippen LogP contribution in [0.5, 0.6) is 0 Å². The molecule has 0 spiro atoms. The minimum absolute atomic E-state index is 0.163. The number of para-hydroxylation sites is 1. The number of nitrogens with zero attached hydrogens (tertiary/aromatic N) is 3. The topological polar surface area (TPSA) is 39.3 Å². The summed E-state index contributed by atoms with van der Waals surface area (Å²) in [5.74, 6) is 0.545. The fourth-order valence-corrected chi connectivity index (χ4v) is 2.23. The second-order valence-electron chi connectivity index (χ2n) is 4.28. The number of alkyl halides is 1. The maximum atomic E-state index is 12.5. The van der Waals surface area contributed by atoms with Gasteiger partial charge in [-0.1, -0.05) is 18.2 Å². The molecular weight excluding hydrogens is 262 g/mol. The van der Waals surface area contributed by atoms with Gasteiger partial charge in [0.25, 0.3) is 0 Å². The minimum Gasteiger partial charge on any atom is -0.253 e. The Morgan fingerprint density at radius 2 is 1.89 bits per heavy atom. The van der Waals surface area contributed by atoms with E-state index in [1.165, 1.54) is 4.40 Å². The van der Waals surface area contributed by atoms with E-state index in [2.05, 4.69) is 4.98 Å². The Bertz CT molecular complexity index is 774. The van der Waals surface area contributed by atoms with Crippen molar-refractivity contribution in [2.45, 2.75) is 12.3 Å². The van der Waals surface area contributed by atoms with Crippen molar-refractivity contribution in [2.24, 2.45) is 0 Å². The van der Waals surface area contributed by atoms with Crippen molar-refractivity contribution < 1.29 is 0 Å². The first kappa shape index (κ1) is 12.0. The van der Waals surface area contributed by atoms with Crippen molar-refractivity contribution in [3.05, 3.63) is 65.0 Å². The molecule has 0 saturated carbocycles. The predicted octanol–water partition coefficient (Wildman–Crippen LogP) is 2.79. The third kappa shape index (κ3) is 1.94. The average molecular weight is 274 g/mol. The lowest BCUT2D eigenvalue weighted by molar-refractivity contribution is 0.752. The molecule has 4 nitrogen and oxygen atoms in total. The SMILES string of the molecule is CC(Cl)c1nc2cccn2c(=O)n1-c1ccccc1. The summed E-state index contributed by atoms with van der Waals surface area (Å²) in [6, 6.07) is 13.0. The molecule has 0 aliphatic heterocycles. The third-order valence-corrected chi connectivity index (χ3v) is 3.15. The molecule has 0 radical (unpaired) electrons. The third-order valence-electron chi connectivity index (χ3n) is 2.95. The van der Waals surface area contributed by atoms with Crippen LogP contribution in [-0.4, -0.2) is 14.0 Å². The Labute approximate surface area is 114 Å². The molecule has 3 rings (SSSR count). The lowest BCUT2D eigenvalue weighted by Gasteiger charge is -2.14. The van der Waals surface area contributed by atoms with E-state index in [-0.39, 0.29) is 11.1 Å². The van der Waals surface area contributed by atoms with Gasteiger partial charge >= 0.3 is 5.69 Å². The zero-order valence-corrected chi connectivity index (χ0v) is 11.1. The average Bonchev–Trinajstić information content (AvgIpc) is 2.88. The molecule has 1 atom stereocenters. The van der Waals surface area contributed by atoms with Crippen molar-refractivity contribution in [3.63, 3.8) is 0 Å². The van der Waals surface area contributed by atoms with Gasteiger partial charge in [0.1, 0.15) is 11.5 Å². The van der Waals surface area contributed by atoms with Gasteiger partial charge in [0.05, 0.1) is 11.1 Å². The number of aromatic nitrogens is 3. The second kappa shape index (κ2) is 4.55. The lowest BCUT2D eigenvalue weighted by Crippen LogP contribution is -2.29. The van der Waals surface area contributed by atoms with Crippen LogP contribution in [0.1, 0.15) is 18.1 Å². The highest BCUT2D eigenvalue weighted by Gasteiger charge is 2.15. The Hall–Kier alpha value is -2.07. The molecule has 19 heavy (non-hydrogen) atoms. The molecule has 1 unspecified atom stereocenters. The molecule has 96 valence electrons. The van der Waals surface area contributed by atoms with Crippen molar-refractivity contribution in [1.82, 2.24) is 14.0 Å². The number of hydrogen-bond acceptors (Lipinski definition) is 2. The summed E-state index contributed by atoms with van der Waals surface area (Å²) < 4.78 is 3.06. The first-order valence-electron chi connectivity index (χ1n) is 5.98. The number of halogens is 1. The van der Waals surface area contributed by atoms with E-state index in [0.29, 0.717) is 11.5 Å². The Morgan fingerprint density at radius 3 is 2.58 bits per heavy atom. The van der Waals surface area contributed by atoms with Gasteiger partial charge in [0.2, 0.25) is 0 Å². The van der Waals surface area contributed by atoms with E-state index in [1.54, 1.807) is 22.9 Å². The quantitative estimate of drug-likeness (QED) is 0.674. The van der Waals surface area contributed by atoms with Gasteiger partial charge in [0, 0.05) is 6.20 Å². The zero-order valence-electron chi connectivity index (χ0n) is 10.3. The number of hydrogen-bond donors (Lipinski definition) is 0. The number of fused-ring (bicyclic) bond motifs is 1. The van der Waals surface area contributed by atoms with Crippen LogP contribution in [0.2, 0.25) is 0 Å². The second-order valence-corrected chi connectivity index (χ2v) is 4.93. The van der Waals surface area contributed by atoms with E-state index < -0.39 is 0 Å². The fourth-order valence-electron chi connectivity index (χ4n) is 2.08. The van der Waals surface area contributed by atoms with Gasteiger partial charge in [0.15, 0.2) is 0 Å². The van der Waals surface area contributed by atoms with Crippen LogP contribution in [0, 0.1) is 0 Å². The first-order valence-corrected chi connectivity index (χ1v) is 6.41. The highest BCUT2D eigenvalue weighted by Crippen LogP contribution is 2.19. The molecule has 1 aromatic carbocycles. The summed E-state index contributed by atoms with van der Waals surface area (Å²) in [6.07, 6.45) is 1.70. The Morgan fingerprint density at radius 1 is 1.16 bits per heavy atom. The molecule has 2 heterocycles. The fraction of sp³-hybridized carbons (Fsp3) is 0.143. The molecule has 2 aromatic heterocycles. The van der Waals surface area contributed by atoms with Gasteiger partial charge in [-0.05, 0) is 31.2 Å². The van der Waals surface area contributed by atoms with Crippen LogP contribution in [0.3, 0.4) is 0 Å². The summed E-state index contributed by atoms with van der Waals surface area (Å²) in [4.78, 5) is 17.0. The molecule has 0 aliphatic carbocycles. The maximum Gasteiger partial charge on any atom is 0.339 e. The first-order chi connectivity index (χ1) is 9.18. The van der Waals surface area contributed by atoms with Crippen LogP contribution < -0.4 is 5.69 Å². The van der Waals surface area contributed by atoms with Gasteiger partial charge in [-0.25, -0.2) is 14.3 Å². The van der Waals surface area contributed by atoms with E-state index in [0.717, 1.165) is 5.69 Å². The number of rotatable bonds is 2. The van der Waals surface area contributed by atoms with Gasteiger partial charge in [-0.15, -0.1) is 11.6 Å². The molecule has 0 saturated heterocycles. The van der Waals surface area contributed by atoms with Crippen LogP contribution in [0.4, 0.5) is 0 Å². The normalized spacial score (nSPS) is 12.7. The Balaban J connectivity index is 2.41. The van der Waals surface area contributed by atoms with Gasteiger partial charge in [-0.2, -0.15) is 0 Å². The zero-order chi connectivity index (χ0) is 13.4. The largest absolute Gasteiger partial charge is 0.339 e. The maximum absolute atomic E-state index is 12.5. The van der Waals surface area contributed by atoms with E-state index in [4.69, 9.17) is 11.6 Å². The van der Waals surface area contributed by atoms with Crippen molar-refractivity contribution in [3.8, 4) is 5.69 Å². The monoisotopic (exact) mass is 273 g/mol. The van der Waals surface area contributed by atoms with Crippen LogP contribution >= 0.6 is 11.6 Å². The minimum atomic E-state index is -0.354. The van der Waals surface area contributed by atoms with Gasteiger partial charge < -0.3 is 0 Å². The van der Waals surface area contributed by atoms with E-state index >= 15 is 0 Å². The molecule has 5 heteroatoms. The number of benzene rings is 1. The summed E-state index contributed by atoms with van der Waals surface area (Å²) in [5.41, 5.74) is 1.21. The summed E-state index contributed by atoms with van der Waals surface area (Å²) in [7, 11) is 0. The predicted molar refractivity (Wildman–Crippen MR) is 75.1 cm³/mol. The van der Waals surface area contributed by atoms with E-state index in [9.17, 15) is 4.79 Å². The van der Waals surface area contributed by atoms with Crippen LogP contribution in [0.15, 0.2) is 53.5 Å². The highest BCUT2D eigenvalue weighted by atomic mass is 35.5. The van der Waals surface area contributed by atoms with Gasteiger partial charge in [-0.3, -0.25) is 4.40 Å².